The van der Waals surface area contributed by atoms with E-state index in [2.05, 4.69) is 0 Å². The molecule has 0 aliphatic heterocycles. The second kappa shape index (κ2) is 5.96. The van der Waals surface area contributed by atoms with E-state index in [0.29, 0.717) is 12.5 Å². The van der Waals surface area contributed by atoms with E-state index in [1.165, 1.54) is 6.08 Å². The normalized spacial score (nSPS) is 10.9. The van der Waals surface area contributed by atoms with Crippen molar-refractivity contribution in [1.29, 1.82) is 0 Å². The van der Waals surface area contributed by atoms with Gasteiger partial charge in [-0.25, -0.2) is 4.79 Å². The quantitative estimate of drug-likeness (QED) is 0.460. The fourth-order valence-electron chi connectivity index (χ4n) is 0.511. The molecule has 11 heavy (non-hydrogen) atoms. The van der Waals surface area contributed by atoms with Gasteiger partial charge in [-0.1, -0.05) is 26.8 Å². The molecule has 2 heteroatoms. The topological polar surface area (TPSA) is 26.3 Å². The Labute approximate surface area is 68.2 Å². The van der Waals surface area contributed by atoms with E-state index in [1.54, 1.807) is 6.08 Å². The third-order valence-corrected chi connectivity index (χ3v) is 1.05. The second-order valence-corrected chi connectivity index (χ2v) is 2.83. The van der Waals surface area contributed by atoms with Crippen LogP contribution in [0.1, 0.15) is 27.2 Å². The molecule has 2 nitrogen and oxygen atoms in total. The van der Waals surface area contributed by atoms with E-state index in [1.807, 2.05) is 20.8 Å². The zero-order valence-corrected chi connectivity index (χ0v) is 7.46. The van der Waals surface area contributed by atoms with Crippen LogP contribution < -0.4 is 0 Å². The van der Waals surface area contributed by atoms with E-state index < -0.39 is 0 Å². The molecule has 0 saturated heterocycles. The first-order valence-electron chi connectivity index (χ1n) is 4.00. The lowest BCUT2D eigenvalue weighted by atomic mass is 10.2. The molecular weight excluding hydrogens is 140 g/mol. The molecule has 0 aromatic carbocycles. The summed E-state index contributed by atoms with van der Waals surface area (Å²) in [5.41, 5.74) is 0. The summed E-state index contributed by atoms with van der Waals surface area (Å²) in [6.45, 7) is 6.51. The molecule has 0 rings (SSSR count). The molecule has 0 unspecified atom stereocenters. The number of carbonyl (C=O) groups excluding carboxylic acids is 1. The van der Waals surface area contributed by atoms with Gasteiger partial charge in [-0.3, -0.25) is 0 Å². The van der Waals surface area contributed by atoms with Gasteiger partial charge in [0.1, 0.15) is 0 Å². The van der Waals surface area contributed by atoms with Crippen LogP contribution in [-0.2, 0) is 9.53 Å². The molecule has 0 atom stereocenters. The van der Waals surface area contributed by atoms with Gasteiger partial charge >= 0.3 is 5.97 Å². The molecule has 0 amide bonds. The van der Waals surface area contributed by atoms with Crippen molar-refractivity contribution in [3.63, 3.8) is 0 Å². The lowest BCUT2D eigenvalue weighted by molar-refractivity contribution is -0.138. The third-order valence-electron chi connectivity index (χ3n) is 1.05. The van der Waals surface area contributed by atoms with Gasteiger partial charge in [-0.05, 0) is 12.3 Å². The van der Waals surface area contributed by atoms with Crippen LogP contribution in [-0.4, -0.2) is 12.6 Å². The zero-order valence-electron chi connectivity index (χ0n) is 7.46. The third kappa shape index (κ3) is 7.10. The van der Waals surface area contributed by atoms with Gasteiger partial charge in [0, 0.05) is 6.08 Å². The summed E-state index contributed by atoms with van der Waals surface area (Å²) >= 11 is 0. The van der Waals surface area contributed by atoms with E-state index in [0.717, 1.165) is 6.42 Å². The summed E-state index contributed by atoms with van der Waals surface area (Å²) in [5, 5.41) is 0. The Kier molecular flexibility index (Phi) is 5.53. The molecule has 0 heterocycles. The minimum absolute atomic E-state index is 0.236. The highest BCUT2D eigenvalue weighted by Crippen LogP contribution is 1.93. The summed E-state index contributed by atoms with van der Waals surface area (Å²) in [5.74, 6) is 0.175. The number of allylic oxidation sites excluding steroid dienone is 1. The van der Waals surface area contributed by atoms with Crippen LogP contribution >= 0.6 is 0 Å². The standard InChI is InChI=1S/C9H16O2/c1-4-5-6-9(10)11-7-8(2)3/h5-6,8H,4,7H2,1-3H3. The Morgan fingerprint density at radius 2 is 2.18 bits per heavy atom. The second-order valence-electron chi connectivity index (χ2n) is 2.83. The smallest absolute Gasteiger partial charge is 0.330 e. The fourth-order valence-corrected chi connectivity index (χ4v) is 0.511. The maximum absolute atomic E-state index is 10.8. The summed E-state index contributed by atoms with van der Waals surface area (Å²) in [6, 6.07) is 0. The molecule has 0 spiro atoms. The molecule has 0 bridgehead atoms. The number of hydrogen-bond donors (Lipinski definition) is 0. The van der Waals surface area contributed by atoms with Crippen LogP contribution in [0.3, 0.4) is 0 Å². The molecule has 0 radical (unpaired) electrons. The van der Waals surface area contributed by atoms with Gasteiger partial charge in [-0.15, -0.1) is 0 Å². The summed E-state index contributed by atoms with van der Waals surface area (Å²) < 4.78 is 4.88. The van der Waals surface area contributed by atoms with Crippen LogP contribution in [0.15, 0.2) is 12.2 Å². The van der Waals surface area contributed by atoms with Crippen molar-refractivity contribution in [2.45, 2.75) is 27.2 Å². The lowest BCUT2D eigenvalue weighted by Gasteiger charge is -2.03. The molecule has 0 aliphatic rings. The number of rotatable bonds is 4. The molecule has 0 aromatic rings. The molecular formula is C9H16O2. The summed E-state index contributed by atoms with van der Waals surface area (Å²) in [6.07, 6.45) is 4.14. The minimum Gasteiger partial charge on any atom is -0.462 e. The predicted molar refractivity (Wildman–Crippen MR) is 45.2 cm³/mol. The van der Waals surface area contributed by atoms with Crippen molar-refractivity contribution in [2.24, 2.45) is 5.92 Å². The highest BCUT2D eigenvalue weighted by atomic mass is 16.5. The van der Waals surface area contributed by atoms with Crippen molar-refractivity contribution in [3.8, 4) is 0 Å². The van der Waals surface area contributed by atoms with Crippen molar-refractivity contribution in [3.05, 3.63) is 12.2 Å². The first-order valence-corrected chi connectivity index (χ1v) is 4.00. The summed E-state index contributed by atoms with van der Waals surface area (Å²) in [4.78, 5) is 10.8. The van der Waals surface area contributed by atoms with Crippen molar-refractivity contribution >= 4 is 5.97 Å². The summed E-state index contributed by atoms with van der Waals surface area (Å²) in [7, 11) is 0. The number of hydrogen-bond acceptors (Lipinski definition) is 2. The Hall–Kier alpha value is -0.790. The van der Waals surface area contributed by atoms with Gasteiger partial charge in [-0.2, -0.15) is 0 Å². The van der Waals surface area contributed by atoms with Crippen molar-refractivity contribution < 1.29 is 9.53 Å². The predicted octanol–water partition coefficient (Wildman–Crippen LogP) is 2.15. The van der Waals surface area contributed by atoms with Crippen LogP contribution in [0.25, 0.3) is 0 Å². The zero-order chi connectivity index (χ0) is 8.69. The SMILES string of the molecule is CCC=CC(=O)OCC(C)C. The highest BCUT2D eigenvalue weighted by Gasteiger charge is 1.97. The van der Waals surface area contributed by atoms with Crippen LogP contribution in [0.2, 0.25) is 0 Å². The average Bonchev–Trinajstić information content (AvgIpc) is 1.97. The van der Waals surface area contributed by atoms with Gasteiger partial charge in [0.15, 0.2) is 0 Å². The monoisotopic (exact) mass is 156 g/mol. The van der Waals surface area contributed by atoms with Crippen LogP contribution in [0, 0.1) is 5.92 Å². The molecule has 0 aromatic heterocycles. The Bertz CT molecular complexity index is 136. The Morgan fingerprint density at radius 1 is 1.55 bits per heavy atom. The van der Waals surface area contributed by atoms with E-state index in [9.17, 15) is 4.79 Å². The number of ether oxygens (including phenoxy) is 1. The maximum Gasteiger partial charge on any atom is 0.330 e. The average molecular weight is 156 g/mol. The van der Waals surface area contributed by atoms with E-state index >= 15 is 0 Å². The lowest BCUT2D eigenvalue weighted by Crippen LogP contribution is -2.06. The van der Waals surface area contributed by atoms with Gasteiger partial charge in [0.25, 0.3) is 0 Å². The number of esters is 1. The minimum atomic E-state index is -0.236. The first-order chi connectivity index (χ1) is 5.16. The van der Waals surface area contributed by atoms with Gasteiger partial charge in [0.2, 0.25) is 0 Å². The van der Waals surface area contributed by atoms with Crippen LogP contribution in [0.4, 0.5) is 0 Å². The molecule has 0 N–H and O–H groups in total. The Balaban J connectivity index is 3.45. The van der Waals surface area contributed by atoms with E-state index in [4.69, 9.17) is 4.74 Å². The Morgan fingerprint density at radius 3 is 2.64 bits per heavy atom. The van der Waals surface area contributed by atoms with Gasteiger partial charge < -0.3 is 4.74 Å². The van der Waals surface area contributed by atoms with E-state index in [-0.39, 0.29) is 5.97 Å². The molecule has 0 saturated carbocycles. The largest absolute Gasteiger partial charge is 0.462 e. The van der Waals surface area contributed by atoms with Crippen molar-refractivity contribution in [1.82, 2.24) is 0 Å². The molecule has 0 fully saturated rings. The first kappa shape index (κ1) is 10.2. The highest BCUT2D eigenvalue weighted by molar-refractivity contribution is 5.81. The maximum atomic E-state index is 10.8. The number of carbonyl (C=O) groups is 1. The van der Waals surface area contributed by atoms with Crippen LogP contribution in [0.5, 0.6) is 0 Å². The fraction of sp³-hybridized carbons (Fsp3) is 0.667. The van der Waals surface area contributed by atoms with Crippen molar-refractivity contribution in [2.75, 3.05) is 6.61 Å². The molecule has 64 valence electrons. The molecule has 0 aliphatic carbocycles. The van der Waals surface area contributed by atoms with Gasteiger partial charge in [0.05, 0.1) is 6.61 Å².